The van der Waals surface area contributed by atoms with E-state index in [1.165, 1.54) is 22.4 Å². The minimum atomic E-state index is -0.161. The van der Waals surface area contributed by atoms with E-state index in [0.29, 0.717) is 22.3 Å². The van der Waals surface area contributed by atoms with Crippen molar-refractivity contribution in [3.63, 3.8) is 0 Å². The number of carbonyl (C=O) groups is 1. The molecule has 3 rings (SSSR count). The summed E-state index contributed by atoms with van der Waals surface area (Å²) in [5.41, 5.74) is 1.37. The topological polar surface area (TPSA) is 55.3 Å². The van der Waals surface area contributed by atoms with E-state index in [-0.39, 0.29) is 5.91 Å². The Labute approximate surface area is 152 Å². The molecule has 1 aromatic carbocycles. The first kappa shape index (κ1) is 16.6. The summed E-state index contributed by atoms with van der Waals surface area (Å²) >= 11 is 4.82. The maximum absolute atomic E-state index is 12.5. The van der Waals surface area contributed by atoms with E-state index in [0.717, 1.165) is 10.2 Å². The van der Waals surface area contributed by atoms with Crippen LogP contribution in [-0.4, -0.2) is 22.9 Å². The molecule has 5 nitrogen and oxygen atoms in total. The highest BCUT2D eigenvalue weighted by Crippen LogP contribution is 2.24. The Kier molecular flexibility index (Phi) is 4.92. The van der Waals surface area contributed by atoms with Crippen molar-refractivity contribution in [2.75, 3.05) is 11.9 Å². The van der Waals surface area contributed by atoms with Crippen molar-refractivity contribution < 1.29 is 9.53 Å². The predicted octanol–water partition coefficient (Wildman–Crippen LogP) is 4.68. The van der Waals surface area contributed by atoms with Gasteiger partial charge in [-0.1, -0.05) is 22.0 Å². The number of anilines is 1. The molecule has 0 saturated carbocycles. The largest absolute Gasteiger partial charge is 0.439 e. The van der Waals surface area contributed by atoms with Crippen molar-refractivity contribution in [3.8, 4) is 11.6 Å². The molecule has 0 bridgehead atoms. The SMILES string of the molecule is Cc1csc(N(C)C(=O)c2ccc(Oc3cccc(Br)c3)nc2)n1. The normalized spacial score (nSPS) is 10.5. The highest BCUT2D eigenvalue weighted by atomic mass is 79.9. The van der Waals surface area contributed by atoms with Gasteiger partial charge in [0.15, 0.2) is 5.13 Å². The fourth-order valence-corrected chi connectivity index (χ4v) is 3.14. The number of hydrogen-bond acceptors (Lipinski definition) is 5. The minimum absolute atomic E-state index is 0.161. The molecular weight excluding hydrogens is 390 g/mol. The molecule has 0 fully saturated rings. The summed E-state index contributed by atoms with van der Waals surface area (Å²) in [5, 5.41) is 2.57. The van der Waals surface area contributed by atoms with E-state index < -0.39 is 0 Å². The van der Waals surface area contributed by atoms with Crippen molar-refractivity contribution in [3.05, 3.63) is 63.7 Å². The standard InChI is InChI=1S/C17H14BrN3O2S/c1-11-10-24-17(20-11)21(2)16(22)12-6-7-15(19-9-12)23-14-5-3-4-13(18)8-14/h3-10H,1-2H3. The molecule has 0 radical (unpaired) electrons. The third-order valence-electron chi connectivity index (χ3n) is 3.20. The molecule has 3 aromatic rings. The van der Waals surface area contributed by atoms with Crippen LogP contribution in [0.25, 0.3) is 0 Å². The van der Waals surface area contributed by atoms with Crippen LogP contribution < -0.4 is 9.64 Å². The van der Waals surface area contributed by atoms with Crippen LogP contribution >= 0.6 is 27.3 Å². The fraction of sp³-hybridized carbons (Fsp3) is 0.118. The number of thiazole rings is 1. The first-order valence-electron chi connectivity index (χ1n) is 7.12. The average molecular weight is 404 g/mol. The zero-order valence-corrected chi connectivity index (χ0v) is 15.5. The molecule has 0 unspecified atom stereocenters. The molecule has 0 N–H and O–H groups in total. The molecule has 1 amide bonds. The Bertz CT molecular complexity index is 864. The van der Waals surface area contributed by atoms with Gasteiger partial charge in [-0.25, -0.2) is 9.97 Å². The van der Waals surface area contributed by atoms with Crippen LogP contribution in [0.5, 0.6) is 11.6 Å². The van der Waals surface area contributed by atoms with Gasteiger partial charge in [0, 0.05) is 29.2 Å². The predicted molar refractivity (Wildman–Crippen MR) is 98.0 cm³/mol. The Morgan fingerprint density at radius 1 is 1.29 bits per heavy atom. The van der Waals surface area contributed by atoms with Crippen molar-refractivity contribution in [1.82, 2.24) is 9.97 Å². The van der Waals surface area contributed by atoms with Gasteiger partial charge >= 0.3 is 0 Å². The number of halogens is 1. The van der Waals surface area contributed by atoms with E-state index in [9.17, 15) is 4.79 Å². The number of nitrogens with zero attached hydrogens (tertiary/aromatic N) is 3. The number of pyridine rings is 1. The minimum Gasteiger partial charge on any atom is -0.439 e. The zero-order chi connectivity index (χ0) is 17.1. The van der Waals surface area contributed by atoms with Crippen LogP contribution in [-0.2, 0) is 0 Å². The van der Waals surface area contributed by atoms with Crippen molar-refractivity contribution >= 4 is 38.3 Å². The molecule has 0 saturated heterocycles. The highest BCUT2D eigenvalue weighted by molar-refractivity contribution is 9.10. The van der Waals surface area contributed by atoms with Gasteiger partial charge in [-0.3, -0.25) is 9.69 Å². The number of aryl methyl sites for hydroxylation is 1. The van der Waals surface area contributed by atoms with Crippen molar-refractivity contribution in [2.45, 2.75) is 6.92 Å². The Morgan fingerprint density at radius 2 is 2.12 bits per heavy atom. The molecule has 122 valence electrons. The van der Waals surface area contributed by atoms with E-state index in [2.05, 4.69) is 25.9 Å². The number of ether oxygens (including phenoxy) is 1. The second-order valence-corrected chi connectivity index (χ2v) is 6.83. The molecule has 0 atom stereocenters. The zero-order valence-electron chi connectivity index (χ0n) is 13.1. The number of rotatable bonds is 4. The molecule has 0 aliphatic carbocycles. The second-order valence-electron chi connectivity index (χ2n) is 5.08. The van der Waals surface area contributed by atoms with E-state index in [1.54, 1.807) is 19.2 Å². The lowest BCUT2D eigenvalue weighted by atomic mass is 10.2. The summed E-state index contributed by atoms with van der Waals surface area (Å²) in [6.45, 7) is 1.90. The molecule has 7 heteroatoms. The number of amides is 1. The van der Waals surface area contributed by atoms with Gasteiger partial charge in [-0.05, 0) is 31.2 Å². The molecule has 0 spiro atoms. The van der Waals surface area contributed by atoms with Crippen LogP contribution in [0.2, 0.25) is 0 Å². The van der Waals surface area contributed by atoms with E-state index in [4.69, 9.17) is 4.74 Å². The smallest absolute Gasteiger partial charge is 0.261 e. The lowest BCUT2D eigenvalue weighted by Gasteiger charge is -2.13. The summed E-state index contributed by atoms with van der Waals surface area (Å²) in [4.78, 5) is 22.5. The quantitative estimate of drug-likeness (QED) is 0.634. The Morgan fingerprint density at radius 3 is 2.75 bits per heavy atom. The van der Waals surface area contributed by atoms with Crippen LogP contribution in [0.3, 0.4) is 0 Å². The summed E-state index contributed by atoms with van der Waals surface area (Å²) in [6.07, 6.45) is 1.51. The summed E-state index contributed by atoms with van der Waals surface area (Å²) < 4.78 is 6.59. The summed E-state index contributed by atoms with van der Waals surface area (Å²) in [5.74, 6) is 0.939. The highest BCUT2D eigenvalue weighted by Gasteiger charge is 2.16. The molecule has 2 heterocycles. The average Bonchev–Trinajstić information content (AvgIpc) is 3.01. The first-order valence-corrected chi connectivity index (χ1v) is 8.80. The first-order chi connectivity index (χ1) is 11.5. The molecule has 0 aliphatic heterocycles. The number of aromatic nitrogens is 2. The van der Waals surface area contributed by atoms with Gasteiger partial charge in [0.05, 0.1) is 11.3 Å². The van der Waals surface area contributed by atoms with Gasteiger partial charge in [-0.2, -0.15) is 0 Å². The Balaban J connectivity index is 1.73. The van der Waals surface area contributed by atoms with Crippen LogP contribution in [0.15, 0.2) is 52.4 Å². The van der Waals surface area contributed by atoms with Gasteiger partial charge in [0.25, 0.3) is 5.91 Å². The van der Waals surface area contributed by atoms with Crippen LogP contribution in [0.1, 0.15) is 16.1 Å². The van der Waals surface area contributed by atoms with Gasteiger partial charge in [0.1, 0.15) is 5.75 Å². The number of carbonyl (C=O) groups excluding carboxylic acids is 1. The fourth-order valence-electron chi connectivity index (χ4n) is 1.99. The third kappa shape index (κ3) is 3.80. The van der Waals surface area contributed by atoms with Crippen LogP contribution in [0, 0.1) is 6.92 Å². The number of benzene rings is 1. The molecular formula is C17H14BrN3O2S. The molecule has 0 aliphatic rings. The van der Waals surface area contributed by atoms with Gasteiger partial charge in [0.2, 0.25) is 5.88 Å². The Hall–Kier alpha value is -2.25. The molecule has 2 aromatic heterocycles. The maximum Gasteiger partial charge on any atom is 0.261 e. The second kappa shape index (κ2) is 7.11. The lowest BCUT2D eigenvalue weighted by Crippen LogP contribution is -2.26. The summed E-state index contributed by atoms with van der Waals surface area (Å²) in [7, 11) is 1.70. The third-order valence-corrected chi connectivity index (χ3v) is 4.73. The summed E-state index contributed by atoms with van der Waals surface area (Å²) in [6, 6.07) is 10.8. The van der Waals surface area contributed by atoms with Gasteiger partial charge < -0.3 is 4.74 Å². The number of hydrogen-bond donors (Lipinski definition) is 0. The molecule has 24 heavy (non-hydrogen) atoms. The van der Waals surface area contributed by atoms with Crippen molar-refractivity contribution in [1.29, 1.82) is 0 Å². The maximum atomic E-state index is 12.5. The van der Waals surface area contributed by atoms with Crippen molar-refractivity contribution in [2.24, 2.45) is 0 Å². The van der Waals surface area contributed by atoms with Crippen LogP contribution in [0.4, 0.5) is 5.13 Å². The van der Waals surface area contributed by atoms with Gasteiger partial charge in [-0.15, -0.1) is 11.3 Å². The monoisotopic (exact) mass is 403 g/mol. The van der Waals surface area contributed by atoms with E-state index >= 15 is 0 Å². The van der Waals surface area contributed by atoms with E-state index in [1.807, 2.05) is 36.6 Å². The lowest BCUT2D eigenvalue weighted by molar-refractivity contribution is 0.0992.